The second-order valence-electron chi connectivity index (χ2n) is 7.09. The molecule has 8 heteroatoms. The van der Waals surface area contributed by atoms with Crippen molar-refractivity contribution in [1.82, 2.24) is 10.2 Å². The van der Waals surface area contributed by atoms with Gasteiger partial charge in [-0.25, -0.2) is 0 Å². The highest BCUT2D eigenvalue weighted by Gasteiger charge is 2.42. The number of anilines is 1. The molecule has 0 aromatic heterocycles. The van der Waals surface area contributed by atoms with Crippen LogP contribution in [0.25, 0.3) is 0 Å². The summed E-state index contributed by atoms with van der Waals surface area (Å²) in [7, 11) is 3.41. The van der Waals surface area contributed by atoms with Crippen LogP contribution in [0.1, 0.15) is 25.3 Å². The lowest BCUT2D eigenvalue weighted by Crippen LogP contribution is -2.41. The summed E-state index contributed by atoms with van der Waals surface area (Å²) in [5.74, 6) is 1.44. The lowest BCUT2D eigenvalue weighted by atomic mass is 9.87. The fraction of sp³-hybridized carbons (Fsp3) is 0.579. The number of hydrogen-bond donors (Lipinski definition) is 2. The summed E-state index contributed by atoms with van der Waals surface area (Å²) in [6, 6.07) is 5.78. The first-order chi connectivity index (χ1) is 12.5. The van der Waals surface area contributed by atoms with Gasteiger partial charge in [-0.2, -0.15) is 0 Å². The molecule has 3 rings (SSSR count). The van der Waals surface area contributed by atoms with E-state index >= 15 is 0 Å². The van der Waals surface area contributed by atoms with Gasteiger partial charge in [0.05, 0.1) is 19.4 Å². The molecule has 0 radical (unpaired) electrons. The largest absolute Gasteiger partial charge is 0.495 e. The van der Waals surface area contributed by atoms with Crippen molar-refractivity contribution in [3.8, 4) is 5.75 Å². The molecule has 0 bridgehead atoms. The van der Waals surface area contributed by atoms with Crippen LogP contribution < -0.4 is 15.4 Å². The Morgan fingerprint density at radius 3 is 2.85 bits per heavy atom. The Morgan fingerprint density at radius 1 is 1.41 bits per heavy atom. The Bertz CT molecular complexity index is 690. The second kappa shape index (κ2) is 9.59. The average molecular weight is 488 g/mol. The van der Waals surface area contributed by atoms with Crippen LogP contribution in [0.3, 0.4) is 0 Å². The lowest BCUT2D eigenvalue weighted by Gasteiger charge is -2.25. The van der Waals surface area contributed by atoms with Crippen LogP contribution in [0.5, 0.6) is 5.75 Å². The van der Waals surface area contributed by atoms with Crippen molar-refractivity contribution < 1.29 is 14.3 Å². The van der Waals surface area contributed by atoms with Gasteiger partial charge in [0, 0.05) is 45.6 Å². The topological polar surface area (TPSA) is 75.2 Å². The predicted molar refractivity (Wildman–Crippen MR) is 117 cm³/mol. The Hall–Kier alpha value is -1.55. The van der Waals surface area contributed by atoms with Crippen LogP contribution in [0.4, 0.5) is 5.69 Å². The minimum absolute atomic E-state index is 0. The molecule has 7 nitrogen and oxygen atoms in total. The fourth-order valence-corrected chi connectivity index (χ4v) is 3.75. The number of likely N-dealkylation sites (tertiary alicyclic amines) is 1. The zero-order valence-corrected chi connectivity index (χ0v) is 18.5. The first-order valence-electron chi connectivity index (χ1n) is 9.03. The maximum atomic E-state index is 11.4. The van der Waals surface area contributed by atoms with Gasteiger partial charge in [0.15, 0.2) is 5.96 Å². The van der Waals surface area contributed by atoms with Crippen molar-refractivity contribution in [2.75, 3.05) is 45.8 Å². The molecule has 1 atom stereocenters. The van der Waals surface area contributed by atoms with Crippen molar-refractivity contribution >= 4 is 41.5 Å². The zero-order chi connectivity index (χ0) is 18.6. The molecule has 150 valence electrons. The SMILES string of the molecule is CN=C(NCc1ccc(OC)c(NC(C)=O)c1)N1CCC2(CCOC2)C1.I. The molecule has 1 aromatic carbocycles. The van der Waals surface area contributed by atoms with Crippen molar-refractivity contribution in [2.45, 2.75) is 26.3 Å². The van der Waals surface area contributed by atoms with E-state index in [0.29, 0.717) is 23.4 Å². The molecule has 27 heavy (non-hydrogen) atoms. The van der Waals surface area contributed by atoms with E-state index < -0.39 is 0 Å². The van der Waals surface area contributed by atoms with Gasteiger partial charge in [-0.1, -0.05) is 6.07 Å². The van der Waals surface area contributed by atoms with Gasteiger partial charge >= 0.3 is 0 Å². The number of aliphatic imine (C=N–C) groups is 1. The Kier molecular flexibility index (Phi) is 7.72. The number of nitrogens with one attached hydrogen (secondary N) is 2. The van der Waals surface area contributed by atoms with E-state index in [1.165, 1.54) is 6.92 Å². The van der Waals surface area contributed by atoms with Gasteiger partial charge in [0.2, 0.25) is 5.91 Å². The van der Waals surface area contributed by atoms with Crippen molar-refractivity contribution in [2.24, 2.45) is 10.4 Å². The van der Waals surface area contributed by atoms with E-state index in [9.17, 15) is 4.79 Å². The fourth-order valence-electron chi connectivity index (χ4n) is 3.75. The number of nitrogens with zero attached hydrogens (tertiary/aromatic N) is 2. The Balaban J connectivity index is 0.00000261. The number of benzene rings is 1. The second-order valence-corrected chi connectivity index (χ2v) is 7.09. The third kappa shape index (κ3) is 5.25. The van der Waals surface area contributed by atoms with Crippen molar-refractivity contribution in [3.63, 3.8) is 0 Å². The van der Waals surface area contributed by atoms with Crippen LogP contribution in [-0.4, -0.2) is 57.2 Å². The standard InChI is InChI=1S/C19H28N4O3.HI/c1-14(24)22-16-10-15(4-5-17(16)25-3)11-21-18(20-2)23-8-6-19(12-23)7-9-26-13-19;/h4-5,10H,6-9,11-13H2,1-3H3,(H,20,21)(H,22,24);1H. The van der Waals surface area contributed by atoms with Crippen molar-refractivity contribution in [1.29, 1.82) is 0 Å². The number of carbonyl (C=O) groups excluding carboxylic acids is 1. The molecule has 1 amide bonds. The summed E-state index contributed by atoms with van der Waals surface area (Å²) in [4.78, 5) is 18.1. The van der Waals surface area contributed by atoms with E-state index in [1.54, 1.807) is 7.11 Å². The summed E-state index contributed by atoms with van der Waals surface area (Å²) in [5.41, 5.74) is 2.03. The molecule has 1 aromatic rings. The molecule has 0 saturated carbocycles. The van der Waals surface area contributed by atoms with Crippen molar-refractivity contribution in [3.05, 3.63) is 23.8 Å². The Morgan fingerprint density at radius 2 is 2.22 bits per heavy atom. The molecular weight excluding hydrogens is 459 g/mol. The van der Waals surface area contributed by atoms with Gasteiger partial charge in [-0.3, -0.25) is 9.79 Å². The van der Waals surface area contributed by atoms with Crippen LogP contribution in [0, 0.1) is 5.41 Å². The van der Waals surface area contributed by atoms with Crippen LogP contribution in [0.15, 0.2) is 23.2 Å². The predicted octanol–water partition coefficient (Wildman–Crippen LogP) is 2.46. The minimum atomic E-state index is -0.120. The number of methoxy groups -OCH3 is 1. The number of rotatable bonds is 4. The van der Waals surface area contributed by atoms with Gasteiger partial charge < -0.3 is 25.0 Å². The van der Waals surface area contributed by atoms with E-state index in [1.807, 2.05) is 25.2 Å². The number of guanidine groups is 1. The normalized spacial score (nSPS) is 21.9. The number of amides is 1. The van der Waals surface area contributed by atoms with E-state index in [2.05, 4.69) is 20.5 Å². The summed E-state index contributed by atoms with van der Waals surface area (Å²) in [5, 5.41) is 6.24. The number of halogens is 1. The summed E-state index contributed by atoms with van der Waals surface area (Å²) >= 11 is 0. The molecule has 0 aliphatic carbocycles. The monoisotopic (exact) mass is 488 g/mol. The molecule has 1 unspecified atom stereocenters. The molecule has 2 saturated heterocycles. The molecule has 2 N–H and O–H groups in total. The maximum absolute atomic E-state index is 11.4. The van der Waals surface area contributed by atoms with Gasteiger partial charge in [0.1, 0.15) is 5.75 Å². The Labute approximate surface area is 177 Å². The highest BCUT2D eigenvalue weighted by atomic mass is 127. The highest BCUT2D eigenvalue weighted by Crippen LogP contribution is 2.38. The summed E-state index contributed by atoms with van der Waals surface area (Å²) in [6.07, 6.45) is 2.29. The molecule has 2 heterocycles. The van der Waals surface area contributed by atoms with E-state index in [0.717, 1.165) is 50.7 Å². The average Bonchev–Trinajstić information content (AvgIpc) is 3.25. The maximum Gasteiger partial charge on any atom is 0.221 e. The molecule has 2 fully saturated rings. The molecular formula is C19H29IN4O3. The van der Waals surface area contributed by atoms with E-state index in [-0.39, 0.29) is 29.9 Å². The third-order valence-electron chi connectivity index (χ3n) is 5.16. The number of carbonyl (C=O) groups is 1. The van der Waals surface area contributed by atoms with Crippen LogP contribution in [-0.2, 0) is 16.1 Å². The molecule has 2 aliphatic rings. The quantitative estimate of drug-likeness (QED) is 0.387. The van der Waals surface area contributed by atoms with Crippen LogP contribution >= 0.6 is 24.0 Å². The van der Waals surface area contributed by atoms with Gasteiger partial charge in [-0.05, 0) is 30.5 Å². The van der Waals surface area contributed by atoms with E-state index in [4.69, 9.17) is 9.47 Å². The number of ether oxygens (including phenoxy) is 2. The highest BCUT2D eigenvalue weighted by molar-refractivity contribution is 14.0. The first-order valence-corrected chi connectivity index (χ1v) is 9.03. The summed E-state index contributed by atoms with van der Waals surface area (Å²) < 4.78 is 10.9. The molecule has 2 aliphatic heterocycles. The number of hydrogen-bond acceptors (Lipinski definition) is 4. The molecule has 1 spiro atoms. The lowest BCUT2D eigenvalue weighted by molar-refractivity contribution is -0.114. The summed E-state index contributed by atoms with van der Waals surface area (Å²) in [6.45, 7) is 5.84. The smallest absolute Gasteiger partial charge is 0.221 e. The van der Waals surface area contributed by atoms with Gasteiger partial charge in [0.25, 0.3) is 0 Å². The van der Waals surface area contributed by atoms with Gasteiger partial charge in [-0.15, -0.1) is 24.0 Å². The third-order valence-corrected chi connectivity index (χ3v) is 5.16. The van der Waals surface area contributed by atoms with Crippen LogP contribution in [0.2, 0.25) is 0 Å². The minimum Gasteiger partial charge on any atom is -0.495 e. The zero-order valence-electron chi connectivity index (χ0n) is 16.2. The first kappa shape index (κ1) is 21.7.